The number of esters is 3. The van der Waals surface area contributed by atoms with Gasteiger partial charge in [-0.25, -0.2) is 13.2 Å². The van der Waals surface area contributed by atoms with E-state index in [1.807, 2.05) is 18.2 Å². The van der Waals surface area contributed by atoms with Crippen LogP contribution in [-0.4, -0.2) is 49.2 Å². The molecule has 0 unspecified atom stereocenters. The third-order valence-electron chi connectivity index (χ3n) is 22.9. The Morgan fingerprint density at radius 1 is 0.489 bits per heavy atom. The number of carbonyl (C=O) groups excluding carboxylic acids is 3. The average Bonchev–Trinajstić information content (AvgIpc) is 0.883. The highest BCUT2D eigenvalue weighted by Crippen LogP contribution is 2.53. The highest BCUT2D eigenvalue weighted by molar-refractivity contribution is 5.82. The number of halogens is 3. The molecule has 0 aromatic heterocycles. The SMILES string of the molecule is CCCCCC(C)(C)CC(=O)Oc1cc(F)c2c(c1)[C@@]1(C)CCCCC[C@@H](C2)[C@@H]1N.CCCCCCC1(C(=O)Oc2cc(F)c3c(c2)[C@@]2(C)CCCCC[C@@H](C3)[C@@H]2N)CC1.CCCCCCOCCC(=O)Oc1cc(F)c2c(c1)[C@@]1(C)CCCCC[C@@H](C2)[C@@H]1N. The first-order chi connectivity index (χ1) is 43.0. The number of carbonyl (C=O) groups is 3. The Kier molecular flexibility index (Phi) is 25.6. The molecule has 0 saturated heterocycles. The summed E-state index contributed by atoms with van der Waals surface area (Å²) in [5.74, 6) is 0.379. The zero-order valence-electron chi connectivity index (χ0n) is 56.8. The lowest BCUT2D eigenvalue weighted by Crippen LogP contribution is -2.53. The number of rotatable bonds is 23. The highest BCUT2D eigenvalue weighted by atomic mass is 19.1. The van der Waals surface area contributed by atoms with Gasteiger partial charge in [-0.2, -0.15) is 0 Å². The highest BCUT2D eigenvalue weighted by Gasteiger charge is 2.52. The molecule has 10 nitrogen and oxygen atoms in total. The van der Waals surface area contributed by atoms with Crippen LogP contribution in [0.25, 0.3) is 0 Å². The Balaban J connectivity index is 0.000000174. The average molecular weight is 1250 g/mol. The summed E-state index contributed by atoms with van der Waals surface area (Å²) in [5, 5.41) is 0. The summed E-state index contributed by atoms with van der Waals surface area (Å²) < 4.78 is 67.8. The second-order valence-corrected chi connectivity index (χ2v) is 30.5. The van der Waals surface area contributed by atoms with Crippen LogP contribution in [0.2, 0.25) is 0 Å². The van der Waals surface area contributed by atoms with Gasteiger partial charge < -0.3 is 36.1 Å². The normalized spacial score (nSPS) is 27.3. The van der Waals surface area contributed by atoms with Crippen LogP contribution in [0.3, 0.4) is 0 Å². The van der Waals surface area contributed by atoms with E-state index >= 15 is 13.2 Å². The van der Waals surface area contributed by atoms with Crippen molar-refractivity contribution in [3.05, 3.63) is 87.2 Å². The zero-order valence-corrected chi connectivity index (χ0v) is 56.8. The molecule has 90 heavy (non-hydrogen) atoms. The second-order valence-electron chi connectivity index (χ2n) is 30.5. The number of hydrogen-bond donors (Lipinski definition) is 3. The molecular weight excluding hydrogens is 1140 g/mol. The van der Waals surface area contributed by atoms with Gasteiger partial charge in [0.05, 0.1) is 24.9 Å². The van der Waals surface area contributed by atoms with E-state index in [9.17, 15) is 14.4 Å². The van der Waals surface area contributed by atoms with Gasteiger partial charge in [-0.05, 0) is 165 Å². The Morgan fingerprint density at radius 2 is 0.889 bits per heavy atom. The third kappa shape index (κ3) is 17.5. The molecule has 7 aliphatic rings. The molecule has 0 heterocycles. The third-order valence-corrected chi connectivity index (χ3v) is 22.9. The van der Waals surface area contributed by atoms with Crippen LogP contribution >= 0.6 is 0 Å². The van der Waals surface area contributed by atoms with Crippen molar-refractivity contribution in [3.8, 4) is 17.2 Å². The van der Waals surface area contributed by atoms with E-state index in [1.54, 1.807) is 0 Å². The topological polar surface area (TPSA) is 166 Å². The predicted molar refractivity (Wildman–Crippen MR) is 355 cm³/mol. The lowest BCUT2D eigenvalue weighted by molar-refractivity contribution is -0.141. The van der Waals surface area contributed by atoms with Crippen molar-refractivity contribution in [1.82, 2.24) is 0 Å². The van der Waals surface area contributed by atoms with Crippen molar-refractivity contribution in [2.75, 3.05) is 13.2 Å². The van der Waals surface area contributed by atoms with Crippen molar-refractivity contribution in [3.63, 3.8) is 0 Å². The molecule has 13 heteroatoms. The minimum Gasteiger partial charge on any atom is -0.426 e. The van der Waals surface area contributed by atoms with Gasteiger partial charge in [0, 0.05) is 59.2 Å². The molecule has 6 bridgehead atoms. The molecule has 0 spiro atoms. The van der Waals surface area contributed by atoms with E-state index in [0.29, 0.717) is 68.1 Å². The first-order valence-corrected chi connectivity index (χ1v) is 36.0. The van der Waals surface area contributed by atoms with Crippen LogP contribution in [0.1, 0.15) is 294 Å². The summed E-state index contributed by atoms with van der Waals surface area (Å²) in [6, 6.07) is 9.96. The minimum atomic E-state index is -0.385. The van der Waals surface area contributed by atoms with E-state index < -0.39 is 0 Å². The predicted octanol–water partition coefficient (Wildman–Crippen LogP) is 18.1. The van der Waals surface area contributed by atoms with Crippen LogP contribution in [0, 0.1) is 46.0 Å². The number of unbranched alkanes of at least 4 members (excludes halogenated alkanes) is 8. The smallest absolute Gasteiger partial charge is 0.317 e. The molecule has 7 aliphatic carbocycles. The number of hydrogen-bond acceptors (Lipinski definition) is 10. The molecule has 3 aromatic carbocycles. The van der Waals surface area contributed by atoms with Gasteiger partial charge in [0.25, 0.3) is 0 Å². The Bertz CT molecular complexity index is 2870. The van der Waals surface area contributed by atoms with Crippen molar-refractivity contribution in [2.45, 2.75) is 314 Å². The summed E-state index contributed by atoms with van der Waals surface area (Å²) in [6.07, 6.45) is 35.4. The summed E-state index contributed by atoms with van der Waals surface area (Å²) >= 11 is 0. The Hall–Kier alpha value is -4.30. The molecule has 0 radical (unpaired) electrons. The Labute approximate surface area is 540 Å². The molecule has 4 saturated carbocycles. The fraction of sp³-hybridized carbons (Fsp3) is 0.727. The van der Waals surface area contributed by atoms with E-state index in [0.717, 1.165) is 155 Å². The maximum atomic E-state index is 15.2. The van der Waals surface area contributed by atoms with Crippen LogP contribution < -0.4 is 31.4 Å². The molecular formula is C77H116F3N3O7. The summed E-state index contributed by atoms with van der Waals surface area (Å²) in [5.41, 5.74) is 24.1. The van der Waals surface area contributed by atoms with Crippen molar-refractivity contribution >= 4 is 17.9 Å². The molecule has 0 amide bonds. The molecule has 6 N–H and O–H groups in total. The standard InChI is InChI=1S/C26H38FNO2.C26H40FNO2.C25H38FNO3/c1-3-4-5-9-12-26(13-14-26)24(29)30-19-16-21-20(22(27)17-19)15-18-10-7-6-8-11-25(21,2)23(18)28;1-5-6-9-12-25(2,3)17-23(29)30-19-15-21-20(22(27)16-19)14-18-11-8-7-10-13-26(21,4)24(18)28;1-3-4-5-9-13-29-14-11-23(28)30-19-16-21-20(22(26)17-19)15-18-10-7-6-8-12-25(21,2)24(18)27/h16-18,23H,3-15,28H2,1-2H3;15-16,18,24H,5-14,17,28H2,1-4H3;16-18,24H,3-15,27H2,1-2H3/t18-,23-,25+;18-,24-,26+;18-,24-,25+/m000/s1. The maximum absolute atomic E-state index is 15.2. The van der Waals surface area contributed by atoms with E-state index in [1.165, 1.54) is 88.8 Å². The van der Waals surface area contributed by atoms with Gasteiger partial charge in [0.15, 0.2) is 0 Å². The van der Waals surface area contributed by atoms with Crippen molar-refractivity contribution < 1.29 is 46.5 Å². The molecule has 0 aliphatic heterocycles. The first-order valence-electron chi connectivity index (χ1n) is 36.0. The fourth-order valence-corrected chi connectivity index (χ4v) is 16.8. The molecule has 4 fully saturated rings. The van der Waals surface area contributed by atoms with E-state index in [-0.39, 0.29) is 92.7 Å². The maximum Gasteiger partial charge on any atom is 0.317 e. The number of ether oxygens (including phenoxy) is 4. The van der Waals surface area contributed by atoms with Gasteiger partial charge in [-0.1, -0.05) is 177 Å². The van der Waals surface area contributed by atoms with Crippen molar-refractivity contribution in [1.29, 1.82) is 0 Å². The van der Waals surface area contributed by atoms with Crippen LogP contribution in [-0.2, 0) is 54.6 Å². The van der Waals surface area contributed by atoms with Gasteiger partial charge in [-0.3, -0.25) is 14.4 Å². The zero-order chi connectivity index (χ0) is 64.9. The number of benzene rings is 3. The number of fused-ring (bicyclic) bond motifs is 12. The van der Waals surface area contributed by atoms with E-state index in [4.69, 9.17) is 36.1 Å². The second kappa shape index (κ2) is 32.2. The Morgan fingerprint density at radius 3 is 1.31 bits per heavy atom. The lowest BCUT2D eigenvalue weighted by atomic mass is 9.60. The van der Waals surface area contributed by atoms with Crippen LogP contribution in [0.4, 0.5) is 13.2 Å². The van der Waals surface area contributed by atoms with Crippen LogP contribution in [0.5, 0.6) is 17.2 Å². The molecule has 10 rings (SSSR count). The number of nitrogens with two attached hydrogens (primary N) is 3. The van der Waals surface area contributed by atoms with E-state index in [2.05, 4.69) is 55.4 Å². The van der Waals surface area contributed by atoms with Gasteiger partial charge >= 0.3 is 17.9 Å². The lowest BCUT2D eigenvalue weighted by Gasteiger charge is -2.47. The quantitative estimate of drug-likeness (QED) is 0.0472. The molecule has 3 aromatic rings. The molecule has 502 valence electrons. The van der Waals surface area contributed by atoms with Gasteiger partial charge in [0.1, 0.15) is 34.7 Å². The fourth-order valence-electron chi connectivity index (χ4n) is 16.8. The minimum absolute atomic E-state index is 0.0109. The largest absolute Gasteiger partial charge is 0.426 e. The summed E-state index contributed by atoms with van der Waals surface area (Å²) in [7, 11) is 0. The van der Waals surface area contributed by atoms with Gasteiger partial charge in [-0.15, -0.1) is 0 Å². The van der Waals surface area contributed by atoms with Crippen molar-refractivity contribution in [2.24, 2.45) is 45.8 Å². The summed E-state index contributed by atoms with van der Waals surface area (Å²) in [6.45, 7) is 18.3. The van der Waals surface area contributed by atoms with Gasteiger partial charge in [0.2, 0.25) is 0 Å². The first kappa shape index (κ1) is 71.5. The molecule has 9 atom stereocenters. The van der Waals surface area contributed by atoms with Crippen LogP contribution in [0.15, 0.2) is 36.4 Å². The monoisotopic (exact) mass is 1250 g/mol. The summed E-state index contributed by atoms with van der Waals surface area (Å²) in [4.78, 5) is 37.8.